The summed E-state index contributed by atoms with van der Waals surface area (Å²) < 4.78 is 11.7. The van der Waals surface area contributed by atoms with E-state index in [-0.39, 0.29) is 0 Å². The molecule has 0 N–H and O–H groups in total. The molecule has 4 aromatic rings. The van der Waals surface area contributed by atoms with Crippen LogP contribution < -0.4 is 9.47 Å². The first-order chi connectivity index (χ1) is 16.1. The third kappa shape index (κ3) is 4.97. The molecule has 0 saturated carbocycles. The zero-order valence-electron chi connectivity index (χ0n) is 17.8. The highest BCUT2D eigenvalue weighted by Crippen LogP contribution is 2.33. The topological polar surface area (TPSA) is 57.0 Å². The van der Waals surface area contributed by atoms with E-state index in [1.807, 2.05) is 31.2 Å². The molecule has 160 valence electrons. The van der Waals surface area contributed by atoms with E-state index in [2.05, 4.69) is 4.85 Å². The first-order valence-electron chi connectivity index (χ1n) is 10.2. The first-order valence-corrected chi connectivity index (χ1v) is 10.2. The van der Waals surface area contributed by atoms with Crippen LogP contribution in [0.4, 0.5) is 5.69 Å². The quantitative estimate of drug-likeness (QED) is 0.225. The SMILES string of the molecule is [C-]#[N+]c1ccc(Oc2ccc(-c3ccc(Oc4ccc(C)cc4)cc3C=O)c(C=O)c2)cc1. The van der Waals surface area contributed by atoms with Crippen LogP contribution in [0.2, 0.25) is 0 Å². The minimum atomic E-state index is 0.389. The van der Waals surface area contributed by atoms with Crippen LogP contribution in [0.3, 0.4) is 0 Å². The number of rotatable bonds is 7. The third-order valence-corrected chi connectivity index (χ3v) is 5.05. The Kier molecular flexibility index (Phi) is 6.28. The highest BCUT2D eigenvalue weighted by molar-refractivity contribution is 5.95. The van der Waals surface area contributed by atoms with Crippen molar-refractivity contribution in [2.24, 2.45) is 0 Å². The van der Waals surface area contributed by atoms with Crippen molar-refractivity contribution in [1.29, 1.82) is 0 Å². The molecule has 0 aromatic heterocycles. The molecule has 5 heteroatoms. The van der Waals surface area contributed by atoms with Crippen LogP contribution in [0.15, 0.2) is 84.9 Å². The minimum Gasteiger partial charge on any atom is -0.457 e. The van der Waals surface area contributed by atoms with Gasteiger partial charge < -0.3 is 9.47 Å². The highest BCUT2D eigenvalue weighted by atomic mass is 16.5. The van der Waals surface area contributed by atoms with Crippen molar-refractivity contribution in [3.8, 4) is 34.1 Å². The molecule has 0 fully saturated rings. The minimum absolute atomic E-state index is 0.389. The van der Waals surface area contributed by atoms with E-state index >= 15 is 0 Å². The molecule has 0 bridgehead atoms. The van der Waals surface area contributed by atoms with Gasteiger partial charge in [0.25, 0.3) is 0 Å². The van der Waals surface area contributed by atoms with E-state index in [9.17, 15) is 9.59 Å². The summed E-state index contributed by atoms with van der Waals surface area (Å²) in [6.07, 6.45) is 1.48. The van der Waals surface area contributed by atoms with Gasteiger partial charge in [-0.2, -0.15) is 0 Å². The van der Waals surface area contributed by atoms with E-state index in [4.69, 9.17) is 16.0 Å². The Labute approximate surface area is 191 Å². The first kappa shape index (κ1) is 21.5. The van der Waals surface area contributed by atoms with Gasteiger partial charge in [-0.05, 0) is 78.7 Å². The Hall–Kier alpha value is -4.69. The van der Waals surface area contributed by atoms with Gasteiger partial charge in [0.1, 0.15) is 23.0 Å². The number of carbonyl (C=O) groups excluding carboxylic acids is 2. The summed E-state index contributed by atoms with van der Waals surface area (Å²) in [5.74, 6) is 2.23. The molecular weight excluding hydrogens is 414 g/mol. The molecule has 0 saturated heterocycles. The summed E-state index contributed by atoms with van der Waals surface area (Å²) in [7, 11) is 0. The molecule has 33 heavy (non-hydrogen) atoms. The van der Waals surface area contributed by atoms with Crippen LogP contribution in [0.5, 0.6) is 23.0 Å². The Balaban J connectivity index is 1.61. The molecule has 5 nitrogen and oxygen atoms in total. The number of hydrogen-bond donors (Lipinski definition) is 0. The number of ether oxygens (including phenoxy) is 2. The summed E-state index contributed by atoms with van der Waals surface area (Å²) in [4.78, 5) is 27.0. The fourth-order valence-electron chi connectivity index (χ4n) is 3.36. The van der Waals surface area contributed by atoms with Gasteiger partial charge in [-0.3, -0.25) is 9.59 Å². The Morgan fingerprint density at radius 3 is 1.48 bits per heavy atom. The molecule has 4 aromatic carbocycles. The van der Waals surface area contributed by atoms with Crippen LogP contribution in [0, 0.1) is 13.5 Å². The average molecular weight is 433 g/mol. The monoisotopic (exact) mass is 433 g/mol. The highest BCUT2D eigenvalue weighted by Gasteiger charge is 2.13. The lowest BCUT2D eigenvalue weighted by molar-refractivity contribution is 0.111. The van der Waals surface area contributed by atoms with Crippen LogP contribution in [-0.2, 0) is 0 Å². The number of benzene rings is 4. The van der Waals surface area contributed by atoms with Crippen molar-refractivity contribution >= 4 is 18.3 Å². The van der Waals surface area contributed by atoms with Gasteiger partial charge >= 0.3 is 0 Å². The van der Waals surface area contributed by atoms with E-state index < -0.39 is 0 Å². The molecule has 0 radical (unpaired) electrons. The predicted octanol–water partition coefficient (Wildman–Crippen LogP) is 7.42. The van der Waals surface area contributed by atoms with Gasteiger partial charge in [-0.15, -0.1) is 0 Å². The molecule has 0 heterocycles. The molecule has 4 rings (SSSR count). The zero-order chi connectivity index (χ0) is 23.2. The number of hydrogen-bond acceptors (Lipinski definition) is 4. The van der Waals surface area contributed by atoms with E-state index in [1.165, 1.54) is 0 Å². The Morgan fingerprint density at radius 1 is 0.636 bits per heavy atom. The van der Waals surface area contributed by atoms with Crippen molar-refractivity contribution in [2.75, 3.05) is 0 Å². The second-order valence-electron chi connectivity index (χ2n) is 7.36. The standard InChI is InChI=1S/C28H19NO4/c1-19-3-7-23(8-4-19)32-25-11-13-27(20(15-25)17-30)28-14-12-26(16-21(28)18-31)33-24-9-5-22(29-2)6-10-24/h3-18H,1H3. The molecular formula is C28H19NO4. The zero-order valence-corrected chi connectivity index (χ0v) is 17.8. The summed E-state index contributed by atoms with van der Waals surface area (Å²) in [5, 5.41) is 0. The van der Waals surface area contributed by atoms with Crippen molar-refractivity contribution in [3.05, 3.63) is 113 Å². The van der Waals surface area contributed by atoms with Crippen molar-refractivity contribution < 1.29 is 19.1 Å². The lowest BCUT2D eigenvalue weighted by Gasteiger charge is -2.13. The second kappa shape index (κ2) is 9.63. The fourth-order valence-corrected chi connectivity index (χ4v) is 3.36. The van der Waals surface area contributed by atoms with E-state index in [0.717, 1.165) is 18.1 Å². The van der Waals surface area contributed by atoms with Gasteiger partial charge in [0.05, 0.1) is 6.57 Å². The molecule has 0 spiro atoms. The number of aryl methyl sites for hydroxylation is 1. The number of carbonyl (C=O) groups is 2. The third-order valence-electron chi connectivity index (χ3n) is 5.05. The molecule has 0 aliphatic rings. The maximum atomic E-state index is 11.8. The normalized spacial score (nSPS) is 10.2. The van der Waals surface area contributed by atoms with Gasteiger partial charge in [-0.1, -0.05) is 29.8 Å². The lowest BCUT2D eigenvalue weighted by Crippen LogP contribution is -1.95. The molecule has 0 aliphatic heterocycles. The summed E-state index contributed by atoms with van der Waals surface area (Å²) >= 11 is 0. The van der Waals surface area contributed by atoms with E-state index in [1.54, 1.807) is 60.7 Å². The van der Waals surface area contributed by atoms with Crippen LogP contribution in [0.25, 0.3) is 16.0 Å². The van der Waals surface area contributed by atoms with Crippen molar-refractivity contribution in [3.63, 3.8) is 0 Å². The number of aldehydes is 2. The maximum absolute atomic E-state index is 11.8. The van der Waals surface area contributed by atoms with Crippen LogP contribution in [-0.4, -0.2) is 12.6 Å². The lowest BCUT2D eigenvalue weighted by atomic mass is 9.96. The average Bonchev–Trinajstić information content (AvgIpc) is 2.86. The summed E-state index contributed by atoms with van der Waals surface area (Å²) in [5.41, 5.74) is 3.68. The molecule has 0 aliphatic carbocycles. The van der Waals surface area contributed by atoms with Crippen LogP contribution in [0.1, 0.15) is 26.3 Å². The van der Waals surface area contributed by atoms with Gasteiger partial charge in [0, 0.05) is 11.1 Å². The number of nitrogens with zero attached hydrogens (tertiary/aromatic N) is 1. The molecule has 0 unspecified atom stereocenters. The fraction of sp³-hybridized carbons (Fsp3) is 0.0357. The molecule has 0 amide bonds. The van der Waals surface area contributed by atoms with Gasteiger partial charge in [0.15, 0.2) is 18.3 Å². The Morgan fingerprint density at radius 2 is 1.06 bits per heavy atom. The van der Waals surface area contributed by atoms with Crippen molar-refractivity contribution in [2.45, 2.75) is 6.92 Å². The summed E-state index contributed by atoms with van der Waals surface area (Å²) in [6, 6.07) is 24.6. The summed E-state index contributed by atoms with van der Waals surface area (Å²) in [6.45, 7) is 9.01. The van der Waals surface area contributed by atoms with Gasteiger partial charge in [-0.25, -0.2) is 4.85 Å². The predicted molar refractivity (Wildman–Crippen MR) is 127 cm³/mol. The second-order valence-corrected chi connectivity index (χ2v) is 7.36. The molecule has 0 atom stereocenters. The Bertz CT molecular complexity index is 1350. The largest absolute Gasteiger partial charge is 0.457 e. The smallest absolute Gasteiger partial charge is 0.187 e. The van der Waals surface area contributed by atoms with E-state index in [0.29, 0.717) is 50.9 Å². The van der Waals surface area contributed by atoms with Crippen molar-refractivity contribution in [1.82, 2.24) is 0 Å². The van der Waals surface area contributed by atoms with Crippen LogP contribution >= 0.6 is 0 Å². The maximum Gasteiger partial charge on any atom is 0.187 e. The van der Waals surface area contributed by atoms with Gasteiger partial charge in [0.2, 0.25) is 0 Å².